The van der Waals surface area contributed by atoms with Crippen LogP contribution in [0.1, 0.15) is 30.1 Å². The molecular weight excluding hydrogens is 196 g/mol. The minimum atomic E-state index is 0.564. The first kappa shape index (κ1) is 9.73. The Balaban J connectivity index is 2.43. The number of nitrogen functional groups attached to an aromatic ring is 1. The Labute approximate surface area is 87.7 Å². The zero-order valence-electron chi connectivity index (χ0n) is 8.37. The van der Waals surface area contributed by atoms with Gasteiger partial charge in [-0.15, -0.1) is 11.8 Å². The SMILES string of the molecule is CSc1nc(C2CC2)nc(NN)c1C. The largest absolute Gasteiger partial charge is 0.308 e. The molecule has 4 nitrogen and oxygen atoms in total. The average Bonchev–Trinajstić information content (AvgIpc) is 3.02. The van der Waals surface area contributed by atoms with Crippen molar-refractivity contribution in [3.05, 3.63) is 11.4 Å². The van der Waals surface area contributed by atoms with E-state index in [1.165, 1.54) is 12.8 Å². The van der Waals surface area contributed by atoms with E-state index in [1.807, 2.05) is 13.2 Å². The summed E-state index contributed by atoms with van der Waals surface area (Å²) in [6, 6.07) is 0. The van der Waals surface area contributed by atoms with Gasteiger partial charge in [-0.25, -0.2) is 15.8 Å². The summed E-state index contributed by atoms with van der Waals surface area (Å²) >= 11 is 1.64. The molecule has 76 valence electrons. The average molecular weight is 210 g/mol. The van der Waals surface area contributed by atoms with Gasteiger partial charge in [-0.2, -0.15) is 0 Å². The molecule has 2 rings (SSSR count). The van der Waals surface area contributed by atoms with Crippen LogP contribution in [0.5, 0.6) is 0 Å². The third-order valence-corrected chi connectivity index (χ3v) is 3.18. The van der Waals surface area contributed by atoms with Crippen molar-refractivity contribution >= 4 is 17.6 Å². The van der Waals surface area contributed by atoms with Gasteiger partial charge < -0.3 is 5.43 Å². The summed E-state index contributed by atoms with van der Waals surface area (Å²) < 4.78 is 0. The van der Waals surface area contributed by atoms with Crippen molar-refractivity contribution in [2.24, 2.45) is 5.84 Å². The highest BCUT2D eigenvalue weighted by Crippen LogP contribution is 2.39. The fraction of sp³-hybridized carbons (Fsp3) is 0.556. The van der Waals surface area contributed by atoms with E-state index in [0.29, 0.717) is 5.92 Å². The van der Waals surface area contributed by atoms with E-state index >= 15 is 0 Å². The molecule has 0 aliphatic heterocycles. The van der Waals surface area contributed by atoms with E-state index in [1.54, 1.807) is 11.8 Å². The molecule has 5 heteroatoms. The Kier molecular flexibility index (Phi) is 2.60. The summed E-state index contributed by atoms with van der Waals surface area (Å²) in [4.78, 5) is 8.92. The van der Waals surface area contributed by atoms with E-state index in [2.05, 4.69) is 15.4 Å². The van der Waals surface area contributed by atoms with Crippen LogP contribution in [0.2, 0.25) is 0 Å². The Morgan fingerprint density at radius 3 is 2.64 bits per heavy atom. The van der Waals surface area contributed by atoms with Crippen LogP contribution in [-0.4, -0.2) is 16.2 Å². The van der Waals surface area contributed by atoms with Crippen molar-refractivity contribution in [3.63, 3.8) is 0 Å². The lowest BCUT2D eigenvalue weighted by Crippen LogP contribution is -2.12. The molecule has 0 spiro atoms. The third kappa shape index (κ3) is 1.69. The van der Waals surface area contributed by atoms with Crippen LogP contribution in [0.4, 0.5) is 5.82 Å². The second kappa shape index (κ2) is 3.74. The molecule has 14 heavy (non-hydrogen) atoms. The highest BCUT2D eigenvalue weighted by Gasteiger charge is 2.27. The van der Waals surface area contributed by atoms with E-state index in [9.17, 15) is 0 Å². The van der Waals surface area contributed by atoms with E-state index in [4.69, 9.17) is 5.84 Å². The van der Waals surface area contributed by atoms with Crippen molar-refractivity contribution in [2.75, 3.05) is 11.7 Å². The molecule has 0 amide bonds. The molecule has 1 heterocycles. The second-order valence-corrected chi connectivity index (χ2v) is 4.28. The summed E-state index contributed by atoms with van der Waals surface area (Å²) in [7, 11) is 0. The van der Waals surface area contributed by atoms with Crippen LogP contribution in [0, 0.1) is 6.92 Å². The highest BCUT2D eigenvalue weighted by atomic mass is 32.2. The molecule has 0 bridgehead atoms. The summed E-state index contributed by atoms with van der Waals surface area (Å²) in [6.45, 7) is 1.98. The van der Waals surface area contributed by atoms with Gasteiger partial charge in [0, 0.05) is 11.5 Å². The van der Waals surface area contributed by atoms with Crippen LogP contribution in [0.25, 0.3) is 0 Å². The number of anilines is 1. The van der Waals surface area contributed by atoms with Gasteiger partial charge in [0.1, 0.15) is 16.7 Å². The zero-order valence-corrected chi connectivity index (χ0v) is 9.19. The number of hydrazine groups is 1. The fourth-order valence-corrected chi connectivity index (χ4v) is 1.96. The first-order valence-corrected chi connectivity index (χ1v) is 5.88. The second-order valence-electron chi connectivity index (χ2n) is 3.48. The number of thioether (sulfide) groups is 1. The smallest absolute Gasteiger partial charge is 0.147 e. The Bertz CT molecular complexity index is 324. The molecule has 0 atom stereocenters. The third-order valence-electron chi connectivity index (χ3n) is 2.39. The van der Waals surface area contributed by atoms with E-state index < -0.39 is 0 Å². The summed E-state index contributed by atoms with van der Waals surface area (Å²) in [5.74, 6) is 7.67. The fourth-order valence-electron chi connectivity index (χ4n) is 1.38. The first-order chi connectivity index (χ1) is 6.76. The Morgan fingerprint density at radius 1 is 1.43 bits per heavy atom. The quantitative estimate of drug-likeness (QED) is 0.344. The minimum Gasteiger partial charge on any atom is -0.308 e. The maximum Gasteiger partial charge on any atom is 0.147 e. The predicted octanol–water partition coefficient (Wildman–Crippen LogP) is 1.67. The van der Waals surface area contributed by atoms with Crippen LogP contribution in [-0.2, 0) is 0 Å². The first-order valence-electron chi connectivity index (χ1n) is 4.65. The molecule has 1 aromatic rings. The van der Waals surface area contributed by atoms with E-state index in [0.717, 1.165) is 22.2 Å². The van der Waals surface area contributed by atoms with Gasteiger partial charge in [0.25, 0.3) is 0 Å². The number of hydrogen-bond donors (Lipinski definition) is 2. The number of nitrogens with two attached hydrogens (primary N) is 1. The van der Waals surface area contributed by atoms with Crippen LogP contribution >= 0.6 is 11.8 Å². The predicted molar refractivity (Wildman–Crippen MR) is 58.3 cm³/mol. The van der Waals surface area contributed by atoms with Crippen molar-refractivity contribution in [1.82, 2.24) is 9.97 Å². The van der Waals surface area contributed by atoms with E-state index in [-0.39, 0.29) is 0 Å². The number of nitrogens with one attached hydrogen (secondary N) is 1. The molecule has 1 fully saturated rings. The molecular formula is C9H14N4S. The van der Waals surface area contributed by atoms with Crippen molar-refractivity contribution in [3.8, 4) is 0 Å². The molecule has 1 aromatic heterocycles. The monoisotopic (exact) mass is 210 g/mol. The van der Waals surface area contributed by atoms with Crippen LogP contribution in [0.15, 0.2) is 5.03 Å². The van der Waals surface area contributed by atoms with Gasteiger partial charge in [0.15, 0.2) is 0 Å². The number of nitrogens with zero attached hydrogens (tertiary/aromatic N) is 2. The maximum absolute atomic E-state index is 5.41. The highest BCUT2D eigenvalue weighted by molar-refractivity contribution is 7.98. The van der Waals surface area contributed by atoms with Gasteiger partial charge in [-0.3, -0.25) is 0 Å². The van der Waals surface area contributed by atoms with Crippen molar-refractivity contribution < 1.29 is 0 Å². The Morgan fingerprint density at radius 2 is 2.14 bits per heavy atom. The molecule has 0 aromatic carbocycles. The number of rotatable bonds is 3. The lowest BCUT2D eigenvalue weighted by Gasteiger charge is -2.09. The zero-order chi connectivity index (χ0) is 10.1. The normalized spacial score (nSPS) is 15.6. The summed E-state index contributed by atoms with van der Waals surface area (Å²) in [5, 5.41) is 1.02. The van der Waals surface area contributed by atoms with Gasteiger partial charge in [-0.1, -0.05) is 0 Å². The van der Waals surface area contributed by atoms with Gasteiger partial charge in [0.2, 0.25) is 0 Å². The molecule has 0 saturated heterocycles. The topological polar surface area (TPSA) is 63.8 Å². The van der Waals surface area contributed by atoms with Crippen LogP contribution < -0.4 is 11.3 Å². The Hall–Kier alpha value is -0.810. The summed E-state index contributed by atoms with van der Waals surface area (Å²) in [6.07, 6.45) is 4.44. The minimum absolute atomic E-state index is 0.564. The molecule has 0 radical (unpaired) electrons. The van der Waals surface area contributed by atoms with Gasteiger partial charge in [-0.05, 0) is 26.0 Å². The molecule has 1 saturated carbocycles. The van der Waals surface area contributed by atoms with Crippen molar-refractivity contribution in [2.45, 2.75) is 30.7 Å². The lowest BCUT2D eigenvalue weighted by molar-refractivity contribution is 0.863. The maximum atomic E-state index is 5.41. The number of aromatic nitrogens is 2. The van der Waals surface area contributed by atoms with Gasteiger partial charge >= 0.3 is 0 Å². The standard InChI is InChI=1S/C9H14N4S/c1-5-7(13-10)11-8(6-3-4-6)12-9(5)14-2/h6H,3-4,10H2,1-2H3,(H,11,12,13). The molecule has 1 aliphatic carbocycles. The molecule has 1 aliphatic rings. The molecule has 0 unspecified atom stereocenters. The molecule has 3 N–H and O–H groups in total. The number of hydrogen-bond acceptors (Lipinski definition) is 5. The lowest BCUT2D eigenvalue weighted by atomic mass is 10.3. The van der Waals surface area contributed by atoms with Crippen LogP contribution in [0.3, 0.4) is 0 Å². The van der Waals surface area contributed by atoms with Gasteiger partial charge in [0.05, 0.1) is 0 Å². The van der Waals surface area contributed by atoms with Crippen molar-refractivity contribution in [1.29, 1.82) is 0 Å². The summed E-state index contributed by atoms with van der Waals surface area (Å²) in [5.41, 5.74) is 3.66.